The summed E-state index contributed by atoms with van der Waals surface area (Å²) in [4.78, 5) is 4.40. The highest BCUT2D eigenvalue weighted by Crippen LogP contribution is 2.28. The van der Waals surface area contributed by atoms with Crippen LogP contribution in [-0.2, 0) is 4.74 Å². The van der Waals surface area contributed by atoms with Crippen LogP contribution in [-0.4, -0.2) is 12.5 Å². The van der Waals surface area contributed by atoms with Crippen LogP contribution in [0.15, 0.2) is 32.1 Å². The van der Waals surface area contributed by atoms with E-state index in [9.17, 15) is 0 Å². The maximum Gasteiger partial charge on any atom is 0.185 e. The average Bonchev–Trinajstić information content (AvgIpc) is 2.19. The molecule has 0 unspecified atom stereocenters. The lowest BCUT2D eigenvalue weighted by Gasteiger charge is -2.08. The molecule has 2 nitrogen and oxygen atoms in total. The molecule has 1 aromatic carbocycles. The van der Waals surface area contributed by atoms with E-state index in [1.807, 2.05) is 25.1 Å². The molecule has 0 aliphatic rings. The normalized spacial score (nSPS) is 12.0. The van der Waals surface area contributed by atoms with Crippen LogP contribution in [0.25, 0.3) is 0 Å². The fourth-order valence-corrected chi connectivity index (χ4v) is 2.20. The Hall–Kier alpha value is -0.350. The zero-order valence-electron chi connectivity index (χ0n) is 9.63. The summed E-state index contributed by atoms with van der Waals surface area (Å²) in [6.45, 7) is 6.80. The van der Waals surface area contributed by atoms with Gasteiger partial charge in [-0.3, -0.25) is 0 Å². The maximum atomic E-state index is 5.51. The number of hydrogen-bond acceptors (Lipinski definition) is 2. The molecule has 0 spiro atoms. The van der Waals surface area contributed by atoms with Gasteiger partial charge in [-0.25, -0.2) is 4.99 Å². The number of aliphatic imine (C=N–C) groups is 1. The van der Waals surface area contributed by atoms with Crippen LogP contribution >= 0.6 is 31.9 Å². The van der Waals surface area contributed by atoms with Gasteiger partial charge in [0, 0.05) is 15.9 Å². The van der Waals surface area contributed by atoms with Gasteiger partial charge in [0.05, 0.1) is 12.3 Å². The Morgan fingerprint density at radius 2 is 2.06 bits per heavy atom. The molecule has 0 aromatic heterocycles. The van der Waals surface area contributed by atoms with Crippen molar-refractivity contribution < 1.29 is 4.74 Å². The average molecular weight is 349 g/mol. The van der Waals surface area contributed by atoms with Crippen LogP contribution in [0, 0.1) is 5.92 Å². The topological polar surface area (TPSA) is 21.6 Å². The summed E-state index contributed by atoms with van der Waals surface area (Å²) in [7, 11) is 0. The minimum atomic E-state index is 0.513. The zero-order valence-corrected chi connectivity index (χ0v) is 12.8. The molecule has 4 heteroatoms. The molecule has 1 rings (SSSR count). The highest BCUT2D eigenvalue weighted by atomic mass is 79.9. The molecule has 16 heavy (non-hydrogen) atoms. The van der Waals surface area contributed by atoms with E-state index in [1.165, 1.54) is 0 Å². The Bertz CT molecular complexity index is 389. The van der Waals surface area contributed by atoms with Crippen molar-refractivity contribution >= 4 is 43.4 Å². The highest BCUT2D eigenvalue weighted by molar-refractivity contribution is 9.11. The molecule has 88 valence electrons. The standard InChI is InChI=1S/C12H15Br2NO/c1-8(2)7-16-9(3)15-12-5-4-10(13)6-11(12)14/h4-6,8H,7H2,1-3H3. The summed E-state index contributed by atoms with van der Waals surface area (Å²) in [5.74, 6) is 1.20. The first-order valence-electron chi connectivity index (χ1n) is 5.12. The smallest absolute Gasteiger partial charge is 0.185 e. The molecule has 0 N–H and O–H groups in total. The first kappa shape index (κ1) is 13.7. The predicted octanol–water partition coefficient (Wildman–Crippen LogP) is 4.93. The predicted molar refractivity (Wildman–Crippen MR) is 75.4 cm³/mol. The second kappa shape index (κ2) is 6.40. The van der Waals surface area contributed by atoms with E-state index in [1.54, 1.807) is 0 Å². The van der Waals surface area contributed by atoms with E-state index in [-0.39, 0.29) is 0 Å². The summed E-state index contributed by atoms with van der Waals surface area (Å²) in [6.07, 6.45) is 0. The molecular formula is C12H15Br2NO. The summed E-state index contributed by atoms with van der Waals surface area (Å²) < 4.78 is 7.49. The van der Waals surface area contributed by atoms with Gasteiger partial charge in [0.25, 0.3) is 0 Å². The van der Waals surface area contributed by atoms with Crippen LogP contribution in [0.1, 0.15) is 20.8 Å². The van der Waals surface area contributed by atoms with Crippen molar-refractivity contribution in [3.05, 3.63) is 27.1 Å². The summed E-state index contributed by atoms with van der Waals surface area (Å²) in [6, 6.07) is 5.87. The van der Waals surface area contributed by atoms with Gasteiger partial charge in [-0.15, -0.1) is 0 Å². The van der Waals surface area contributed by atoms with E-state index in [2.05, 4.69) is 50.7 Å². The quantitative estimate of drug-likeness (QED) is 0.560. The summed E-state index contributed by atoms with van der Waals surface area (Å²) in [5, 5.41) is 0. The molecule has 1 aromatic rings. The molecule has 0 heterocycles. The summed E-state index contributed by atoms with van der Waals surface area (Å²) >= 11 is 6.87. The fourth-order valence-electron chi connectivity index (χ4n) is 1.06. The van der Waals surface area contributed by atoms with Crippen LogP contribution in [0.5, 0.6) is 0 Å². The number of benzene rings is 1. The third-order valence-electron chi connectivity index (χ3n) is 1.81. The van der Waals surface area contributed by atoms with Crippen LogP contribution in [0.3, 0.4) is 0 Å². The zero-order chi connectivity index (χ0) is 12.1. The van der Waals surface area contributed by atoms with Gasteiger partial charge in [-0.05, 0) is 40.0 Å². The fraction of sp³-hybridized carbons (Fsp3) is 0.417. The van der Waals surface area contributed by atoms with E-state index in [4.69, 9.17) is 4.74 Å². The summed E-state index contributed by atoms with van der Waals surface area (Å²) in [5.41, 5.74) is 0.879. The van der Waals surface area contributed by atoms with Crippen LogP contribution < -0.4 is 0 Å². The Kier molecular flexibility index (Phi) is 5.49. The van der Waals surface area contributed by atoms with Gasteiger partial charge in [-0.1, -0.05) is 29.8 Å². The molecule has 0 saturated carbocycles. The lowest BCUT2D eigenvalue weighted by Crippen LogP contribution is -2.06. The lowest BCUT2D eigenvalue weighted by molar-refractivity contribution is 0.257. The first-order chi connectivity index (χ1) is 7.49. The Balaban J connectivity index is 2.74. The number of rotatable bonds is 3. The number of nitrogens with zero attached hydrogens (tertiary/aromatic N) is 1. The third kappa shape index (κ3) is 4.66. The van der Waals surface area contributed by atoms with Crippen molar-refractivity contribution in [2.45, 2.75) is 20.8 Å². The Labute approximate surface area is 113 Å². The Morgan fingerprint density at radius 1 is 1.38 bits per heavy atom. The van der Waals surface area contributed by atoms with E-state index >= 15 is 0 Å². The van der Waals surface area contributed by atoms with Gasteiger partial charge in [0.15, 0.2) is 5.90 Å². The lowest BCUT2D eigenvalue weighted by atomic mass is 10.2. The van der Waals surface area contributed by atoms with Crippen molar-refractivity contribution in [2.24, 2.45) is 10.9 Å². The molecule has 0 atom stereocenters. The largest absolute Gasteiger partial charge is 0.481 e. The molecular weight excluding hydrogens is 334 g/mol. The van der Waals surface area contributed by atoms with Crippen LogP contribution in [0.4, 0.5) is 5.69 Å². The minimum absolute atomic E-state index is 0.513. The SMILES string of the molecule is CC(=Nc1ccc(Br)cc1Br)OCC(C)C. The monoisotopic (exact) mass is 347 g/mol. The molecule has 0 radical (unpaired) electrons. The van der Waals surface area contributed by atoms with E-state index in [0.717, 1.165) is 14.6 Å². The molecule has 0 aliphatic carbocycles. The molecule has 0 amide bonds. The third-order valence-corrected chi connectivity index (χ3v) is 2.94. The van der Waals surface area contributed by atoms with Crippen molar-refractivity contribution in [1.29, 1.82) is 0 Å². The number of ether oxygens (including phenoxy) is 1. The second-order valence-electron chi connectivity index (χ2n) is 3.93. The molecule has 0 aliphatic heterocycles. The van der Waals surface area contributed by atoms with Gasteiger partial charge in [0.1, 0.15) is 0 Å². The maximum absolute atomic E-state index is 5.51. The number of halogens is 2. The van der Waals surface area contributed by atoms with Crippen molar-refractivity contribution in [2.75, 3.05) is 6.61 Å². The highest BCUT2D eigenvalue weighted by Gasteiger charge is 2.01. The van der Waals surface area contributed by atoms with Gasteiger partial charge in [0.2, 0.25) is 0 Å². The van der Waals surface area contributed by atoms with Crippen LogP contribution in [0.2, 0.25) is 0 Å². The molecule has 0 saturated heterocycles. The molecule has 0 fully saturated rings. The van der Waals surface area contributed by atoms with Gasteiger partial charge < -0.3 is 4.74 Å². The number of hydrogen-bond donors (Lipinski definition) is 0. The molecule has 0 bridgehead atoms. The van der Waals surface area contributed by atoms with E-state index in [0.29, 0.717) is 18.4 Å². The second-order valence-corrected chi connectivity index (χ2v) is 5.70. The van der Waals surface area contributed by atoms with Crippen molar-refractivity contribution in [3.63, 3.8) is 0 Å². The van der Waals surface area contributed by atoms with Gasteiger partial charge >= 0.3 is 0 Å². The van der Waals surface area contributed by atoms with E-state index < -0.39 is 0 Å². The first-order valence-corrected chi connectivity index (χ1v) is 6.70. The minimum Gasteiger partial charge on any atom is -0.481 e. The Morgan fingerprint density at radius 3 is 2.62 bits per heavy atom. The van der Waals surface area contributed by atoms with Crippen molar-refractivity contribution in [3.8, 4) is 0 Å². The van der Waals surface area contributed by atoms with Gasteiger partial charge in [-0.2, -0.15) is 0 Å². The van der Waals surface area contributed by atoms with Crippen molar-refractivity contribution in [1.82, 2.24) is 0 Å².